The fourth-order valence-electron chi connectivity index (χ4n) is 1.38. The van der Waals surface area contributed by atoms with E-state index in [1.165, 1.54) is 5.56 Å². The molecule has 1 radical (unpaired) electrons. The molecular weight excluding hydrogens is 186 g/mol. The van der Waals surface area contributed by atoms with Gasteiger partial charge in [-0.15, -0.1) is 0 Å². The first kappa shape index (κ1) is 8.57. The van der Waals surface area contributed by atoms with Gasteiger partial charge in [0.15, 0.2) is 0 Å². The van der Waals surface area contributed by atoms with E-state index in [9.17, 15) is 0 Å². The highest BCUT2D eigenvalue weighted by Crippen LogP contribution is 2.26. The van der Waals surface area contributed by atoms with E-state index in [1.54, 1.807) is 0 Å². The summed E-state index contributed by atoms with van der Waals surface area (Å²) in [6.45, 7) is 2.61. The van der Waals surface area contributed by atoms with E-state index < -0.39 is 0 Å². The normalized spacial score (nSPS) is 20.3. The fourth-order valence-corrected chi connectivity index (χ4v) is 1.56. The molecule has 1 unspecified atom stereocenters. The topological polar surface area (TPSA) is 21.6 Å². The molecule has 1 aliphatic rings. The van der Waals surface area contributed by atoms with Crippen LogP contribution in [-0.2, 0) is 4.74 Å². The third kappa shape index (κ3) is 1.68. The molecule has 0 aromatic heterocycles. The highest BCUT2D eigenvalue weighted by molar-refractivity contribution is 6.30. The average molecular weight is 195 g/mol. The summed E-state index contributed by atoms with van der Waals surface area (Å²) in [6.07, 6.45) is 2.50. The van der Waals surface area contributed by atoms with Crippen LogP contribution in [0.2, 0.25) is 5.02 Å². The molecule has 13 heavy (non-hydrogen) atoms. The number of hydrogen-bond acceptors (Lipinski definition) is 2. The van der Waals surface area contributed by atoms with Gasteiger partial charge in [-0.25, -0.2) is 4.99 Å². The SMILES string of the molecule is Cc1ccc(Cl)cc1C1CO[C]=N1. The summed E-state index contributed by atoms with van der Waals surface area (Å²) in [5, 5.41) is 0.739. The van der Waals surface area contributed by atoms with Gasteiger partial charge in [-0.3, -0.25) is 0 Å². The summed E-state index contributed by atoms with van der Waals surface area (Å²) in [5.41, 5.74) is 2.31. The molecule has 0 spiro atoms. The van der Waals surface area contributed by atoms with Gasteiger partial charge in [0, 0.05) is 5.02 Å². The molecule has 0 bridgehead atoms. The van der Waals surface area contributed by atoms with E-state index >= 15 is 0 Å². The zero-order chi connectivity index (χ0) is 9.26. The highest BCUT2D eigenvalue weighted by Gasteiger charge is 2.17. The van der Waals surface area contributed by atoms with Crippen LogP contribution in [0.15, 0.2) is 23.2 Å². The van der Waals surface area contributed by atoms with Gasteiger partial charge in [0.05, 0.1) is 0 Å². The molecule has 3 heteroatoms. The predicted molar refractivity (Wildman–Crippen MR) is 52.3 cm³/mol. The van der Waals surface area contributed by atoms with E-state index in [0.717, 1.165) is 10.6 Å². The average Bonchev–Trinajstić information content (AvgIpc) is 2.61. The van der Waals surface area contributed by atoms with Crippen molar-refractivity contribution in [2.45, 2.75) is 13.0 Å². The molecule has 1 aromatic carbocycles. The quantitative estimate of drug-likeness (QED) is 0.674. The van der Waals surface area contributed by atoms with Crippen LogP contribution in [0.1, 0.15) is 17.2 Å². The van der Waals surface area contributed by atoms with Gasteiger partial charge in [-0.2, -0.15) is 0 Å². The Bertz CT molecular complexity index is 349. The van der Waals surface area contributed by atoms with Gasteiger partial charge in [0.1, 0.15) is 12.6 Å². The monoisotopic (exact) mass is 194 g/mol. The van der Waals surface area contributed by atoms with Gasteiger partial charge < -0.3 is 4.74 Å². The lowest BCUT2D eigenvalue weighted by Gasteiger charge is -2.09. The van der Waals surface area contributed by atoms with Crippen molar-refractivity contribution in [1.29, 1.82) is 0 Å². The molecule has 0 fully saturated rings. The number of ether oxygens (including phenoxy) is 1. The van der Waals surface area contributed by atoms with Crippen molar-refractivity contribution < 1.29 is 4.74 Å². The molecule has 1 aliphatic heterocycles. The lowest BCUT2D eigenvalue weighted by molar-refractivity contribution is 0.330. The number of aryl methyl sites for hydroxylation is 1. The van der Waals surface area contributed by atoms with Crippen LogP contribution < -0.4 is 0 Å². The third-order valence-electron chi connectivity index (χ3n) is 2.11. The number of nitrogens with zero attached hydrogens (tertiary/aromatic N) is 1. The van der Waals surface area contributed by atoms with Crippen LogP contribution in [0.25, 0.3) is 0 Å². The van der Waals surface area contributed by atoms with Crippen LogP contribution in [0.5, 0.6) is 0 Å². The van der Waals surface area contributed by atoms with Gasteiger partial charge in [0.2, 0.25) is 0 Å². The molecule has 2 nitrogen and oxygen atoms in total. The van der Waals surface area contributed by atoms with Crippen LogP contribution in [0.3, 0.4) is 0 Å². The smallest absolute Gasteiger partial charge is 0.273 e. The first-order chi connectivity index (χ1) is 6.27. The molecule has 0 saturated heterocycles. The van der Waals surface area contributed by atoms with Gasteiger partial charge >= 0.3 is 0 Å². The van der Waals surface area contributed by atoms with E-state index in [-0.39, 0.29) is 6.04 Å². The number of rotatable bonds is 1. The second-order valence-electron chi connectivity index (χ2n) is 3.05. The Morgan fingerprint density at radius 1 is 1.62 bits per heavy atom. The Kier molecular flexibility index (Phi) is 2.23. The molecule has 0 saturated carbocycles. The maximum Gasteiger partial charge on any atom is 0.273 e. The second kappa shape index (κ2) is 3.38. The number of hydrogen-bond donors (Lipinski definition) is 0. The number of halogens is 1. The van der Waals surface area contributed by atoms with E-state index in [1.807, 2.05) is 25.1 Å². The van der Waals surface area contributed by atoms with Crippen molar-refractivity contribution in [2.24, 2.45) is 4.99 Å². The van der Waals surface area contributed by atoms with E-state index in [2.05, 4.69) is 11.4 Å². The first-order valence-corrected chi connectivity index (χ1v) is 4.48. The summed E-state index contributed by atoms with van der Waals surface area (Å²) in [6, 6.07) is 5.87. The number of benzene rings is 1. The second-order valence-corrected chi connectivity index (χ2v) is 3.48. The van der Waals surface area contributed by atoms with Gasteiger partial charge in [-0.1, -0.05) is 17.7 Å². The first-order valence-electron chi connectivity index (χ1n) is 4.10. The molecule has 1 aromatic rings. The molecule has 1 atom stereocenters. The van der Waals surface area contributed by atoms with Crippen molar-refractivity contribution in [3.63, 3.8) is 0 Å². The third-order valence-corrected chi connectivity index (χ3v) is 2.35. The Hall–Kier alpha value is -1.02. The van der Waals surface area contributed by atoms with Gasteiger partial charge in [-0.05, 0) is 30.2 Å². The van der Waals surface area contributed by atoms with Gasteiger partial charge in [0.25, 0.3) is 6.40 Å². The molecule has 0 amide bonds. The molecule has 1 heterocycles. The minimum Gasteiger partial charge on any atom is -0.471 e. The van der Waals surface area contributed by atoms with E-state index in [4.69, 9.17) is 16.3 Å². The summed E-state index contributed by atoms with van der Waals surface area (Å²) in [7, 11) is 0. The van der Waals surface area contributed by atoms with Crippen molar-refractivity contribution in [3.8, 4) is 0 Å². The van der Waals surface area contributed by atoms with E-state index in [0.29, 0.717) is 6.61 Å². The standard InChI is InChI=1S/C10H9ClNO/c1-7-2-3-8(11)4-9(7)10-5-13-6-12-10/h2-4,10H,5H2,1H3. The van der Waals surface area contributed by atoms with Crippen molar-refractivity contribution in [2.75, 3.05) is 6.61 Å². The van der Waals surface area contributed by atoms with Crippen LogP contribution in [0.4, 0.5) is 0 Å². The summed E-state index contributed by atoms with van der Waals surface area (Å²) in [5.74, 6) is 0. The Labute approximate surface area is 82.2 Å². The minimum atomic E-state index is 0.0682. The number of aliphatic imine (C=N–C) groups is 1. The van der Waals surface area contributed by atoms with Crippen molar-refractivity contribution in [3.05, 3.63) is 34.3 Å². The molecule has 0 N–H and O–H groups in total. The Balaban J connectivity index is 2.37. The largest absolute Gasteiger partial charge is 0.471 e. The highest BCUT2D eigenvalue weighted by atomic mass is 35.5. The van der Waals surface area contributed by atoms with Crippen molar-refractivity contribution >= 4 is 18.0 Å². The minimum absolute atomic E-state index is 0.0682. The zero-order valence-electron chi connectivity index (χ0n) is 7.25. The molecule has 0 aliphatic carbocycles. The van der Waals surface area contributed by atoms with Crippen molar-refractivity contribution in [1.82, 2.24) is 0 Å². The Morgan fingerprint density at radius 3 is 3.15 bits per heavy atom. The fraction of sp³-hybridized carbons (Fsp3) is 0.300. The molecular formula is C10H9ClNO. The van der Waals surface area contributed by atoms with Crippen LogP contribution >= 0.6 is 11.6 Å². The summed E-state index contributed by atoms with van der Waals surface area (Å²) < 4.78 is 4.95. The maximum atomic E-state index is 5.89. The zero-order valence-corrected chi connectivity index (χ0v) is 8.01. The molecule has 2 rings (SSSR count). The lowest BCUT2D eigenvalue weighted by Crippen LogP contribution is -1.99. The predicted octanol–water partition coefficient (Wildman–Crippen LogP) is 2.63. The lowest BCUT2D eigenvalue weighted by atomic mass is 10.0. The van der Waals surface area contributed by atoms with Crippen LogP contribution in [0, 0.1) is 6.92 Å². The van der Waals surface area contributed by atoms with Crippen LogP contribution in [-0.4, -0.2) is 13.0 Å². The summed E-state index contributed by atoms with van der Waals surface area (Å²) >= 11 is 5.89. The Morgan fingerprint density at radius 2 is 2.46 bits per heavy atom. The maximum absolute atomic E-state index is 5.89. The summed E-state index contributed by atoms with van der Waals surface area (Å²) in [4.78, 5) is 4.08. The molecule has 67 valence electrons.